The molecule has 2 heterocycles. The summed E-state index contributed by atoms with van der Waals surface area (Å²) in [6.45, 7) is 0. The second kappa shape index (κ2) is 3.18. The van der Waals surface area contributed by atoms with Gasteiger partial charge < -0.3 is 0 Å². The van der Waals surface area contributed by atoms with E-state index in [0.717, 1.165) is 7.05 Å². The molecule has 2 aromatic rings. The van der Waals surface area contributed by atoms with Crippen LogP contribution in [0.3, 0.4) is 0 Å². The van der Waals surface area contributed by atoms with Gasteiger partial charge in [-0.15, -0.1) is 3.97 Å². The van der Waals surface area contributed by atoms with Crippen molar-refractivity contribution in [1.82, 2.24) is 18.5 Å². The van der Waals surface area contributed by atoms with Gasteiger partial charge in [-0.2, -0.15) is 8.42 Å². The molecule has 0 saturated carbocycles. The van der Waals surface area contributed by atoms with Gasteiger partial charge in [0.05, 0.1) is 0 Å². The van der Waals surface area contributed by atoms with Gasteiger partial charge in [-0.25, -0.2) is 9.59 Å². The molecule has 0 amide bonds. The van der Waals surface area contributed by atoms with Gasteiger partial charge in [0.1, 0.15) is 0 Å². The number of hydrogen-bond donors (Lipinski definition) is 3. The third-order valence-corrected chi connectivity index (χ3v) is 2.92. The van der Waals surface area contributed by atoms with Gasteiger partial charge in [-0.3, -0.25) is 23.9 Å². The van der Waals surface area contributed by atoms with Gasteiger partial charge in [0.25, 0.3) is 5.56 Å². The lowest BCUT2D eigenvalue weighted by Gasteiger charge is -2.04. The van der Waals surface area contributed by atoms with Crippen molar-refractivity contribution < 1.29 is 13.0 Å². The van der Waals surface area contributed by atoms with Crippen LogP contribution in [0.1, 0.15) is 0 Å². The molecule has 2 rings (SSSR count). The standard InChI is InChI=1S/C6H6N4O6S/c1-9-4(11)2-3(8-5(12)7-2)10(6(9)13)17(14,15)16/h1H3,(H2,7,8,12)(H,14,15,16). The molecule has 0 atom stereocenters. The molecule has 0 unspecified atom stereocenters. The Kier molecular flexibility index (Phi) is 2.12. The van der Waals surface area contributed by atoms with Crippen molar-refractivity contribution in [3.8, 4) is 0 Å². The number of hydrogen-bond acceptors (Lipinski definition) is 5. The van der Waals surface area contributed by atoms with Gasteiger partial charge >= 0.3 is 21.7 Å². The Morgan fingerprint density at radius 3 is 2.29 bits per heavy atom. The Morgan fingerprint density at radius 1 is 1.18 bits per heavy atom. The summed E-state index contributed by atoms with van der Waals surface area (Å²) in [4.78, 5) is 38.0. The van der Waals surface area contributed by atoms with Crippen LogP contribution in [-0.2, 0) is 17.4 Å². The Labute approximate surface area is 92.0 Å². The Balaban J connectivity index is 3.30. The zero-order chi connectivity index (χ0) is 13.0. The molecule has 92 valence electrons. The molecular weight excluding hydrogens is 256 g/mol. The minimum atomic E-state index is -4.93. The summed E-state index contributed by atoms with van der Waals surface area (Å²) in [7, 11) is -3.92. The lowest BCUT2D eigenvalue weighted by molar-refractivity contribution is 0.469. The number of nitrogens with zero attached hydrogens (tertiary/aromatic N) is 2. The minimum absolute atomic E-state index is 0.0817. The van der Waals surface area contributed by atoms with Crippen LogP contribution in [0.25, 0.3) is 11.2 Å². The molecule has 17 heavy (non-hydrogen) atoms. The van der Waals surface area contributed by atoms with Crippen molar-refractivity contribution in [2.45, 2.75) is 0 Å². The van der Waals surface area contributed by atoms with Gasteiger partial charge in [-0.05, 0) is 0 Å². The highest BCUT2D eigenvalue weighted by Gasteiger charge is 2.21. The van der Waals surface area contributed by atoms with E-state index in [9.17, 15) is 22.8 Å². The fourth-order valence-corrected chi connectivity index (χ4v) is 2.07. The summed E-state index contributed by atoms with van der Waals surface area (Å²) in [6, 6.07) is 0. The number of aromatic nitrogens is 4. The van der Waals surface area contributed by atoms with Crippen molar-refractivity contribution in [2.24, 2.45) is 7.05 Å². The van der Waals surface area contributed by atoms with Crippen molar-refractivity contribution in [1.29, 1.82) is 0 Å². The molecule has 0 aliphatic heterocycles. The normalized spacial score (nSPS) is 12.1. The average molecular weight is 262 g/mol. The predicted molar refractivity (Wildman–Crippen MR) is 55.4 cm³/mol. The highest BCUT2D eigenvalue weighted by atomic mass is 32.2. The summed E-state index contributed by atoms with van der Waals surface area (Å²) < 4.78 is 31.3. The summed E-state index contributed by atoms with van der Waals surface area (Å²) in [5.41, 5.74) is -4.08. The zero-order valence-electron chi connectivity index (χ0n) is 8.29. The van der Waals surface area contributed by atoms with Crippen LogP contribution in [0.4, 0.5) is 0 Å². The van der Waals surface area contributed by atoms with E-state index in [4.69, 9.17) is 4.55 Å². The molecule has 2 aromatic heterocycles. The number of fused-ring (bicyclic) bond motifs is 1. The largest absolute Gasteiger partial charge is 0.369 e. The summed E-state index contributed by atoms with van der Waals surface area (Å²) in [5, 5.41) is 0. The zero-order valence-corrected chi connectivity index (χ0v) is 9.11. The first-order chi connectivity index (χ1) is 7.73. The van der Waals surface area contributed by atoms with Crippen LogP contribution < -0.4 is 16.9 Å². The van der Waals surface area contributed by atoms with Crippen molar-refractivity contribution in [3.05, 3.63) is 31.3 Å². The SMILES string of the molecule is Cn1c(=O)c2[nH]c(=O)[nH]c2n(S(=O)(=O)O)c1=O. The number of rotatable bonds is 1. The molecule has 0 bridgehead atoms. The maximum Gasteiger partial charge on any atom is 0.369 e. The van der Waals surface area contributed by atoms with E-state index >= 15 is 0 Å². The lowest BCUT2D eigenvalue weighted by Crippen LogP contribution is -2.40. The number of aromatic amines is 2. The molecule has 0 fully saturated rings. The van der Waals surface area contributed by atoms with E-state index in [-0.39, 0.29) is 3.97 Å². The number of H-pyrrole nitrogens is 2. The molecule has 0 aliphatic rings. The minimum Gasteiger partial charge on any atom is -0.300 e. The molecular formula is C6H6N4O6S. The Hall–Kier alpha value is -2.14. The molecule has 0 spiro atoms. The maximum atomic E-state index is 11.5. The topological polar surface area (TPSA) is 147 Å². The monoisotopic (exact) mass is 262 g/mol. The number of imidazole rings is 1. The molecule has 0 aromatic carbocycles. The fraction of sp³-hybridized carbons (Fsp3) is 0.167. The Morgan fingerprint density at radius 2 is 1.76 bits per heavy atom. The summed E-state index contributed by atoms with van der Waals surface area (Å²) in [5.74, 6) is 0. The van der Waals surface area contributed by atoms with E-state index in [1.54, 1.807) is 0 Å². The molecule has 10 nitrogen and oxygen atoms in total. The van der Waals surface area contributed by atoms with Gasteiger partial charge in [0.2, 0.25) is 0 Å². The van der Waals surface area contributed by atoms with Crippen molar-refractivity contribution in [3.63, 3.8) is 0 Å². The van der Waals surface area contributed by atoms with Crippen molar-refractivity contribution in [2.75, 3.05) is 0 Å². The van der Waals surface area contributed by atoms with E-state index in [1.165, 1.54) is 0 Å². The van der Waals surface area contributed by atoms with E-state index in [1.807, 2.05) is 9.97 Å². The van der Waals surface area contributed by atoms with Gasteiger partial charge in [0.15, 0.2) is 11.2 Å². The van der Waals surface area contributed by atoms with Crippen LogP contribution in [-0.4, -0.2) is 31.5 Å². The fourth-order valence-electron chi connectivity index (χ4n) is 1.38. The molecule has 0 aliphatic carbocycles. The Bertz CT molecular complexity index is 878. The maximum absolute atomic E-state index is 11.5. The second-order valence-corrected chi connectivity index (χ2v) is 4.45. The molecule has 3 N–H and O–H groups in total. The van der Waals surface area contributed by atoms with Crippen LogP contribution in [0, 0.1) is 0 Å². The van der Waals surface area contributed by atoms with Gasteiger partial charge in [0, 0.05) is 7.05 Å². The third-order valence-electron chi connectivity index (χ3n) is 2.12. The first-order valence-corrected chi connectivity index (χ1v) is 5.55. The average Bonchev–Trinajstić information content (AvgIpc) is 2.54. The van der Waals surface area contributed by atoms with Crippen LogP contribution in [0.2, 0.25) is 0 Å². The third kappa shape index (κ3) is 1.52. The summed E-state index contributed by atoms with van der Waals surface area (Å²) >= 11 is 0. The number of nitrogens with one attached hydrogen (secondary N) is 2. The lowest BCUT2D eigenvalue weighted by atomic mass is 10.5. The van der Waals surface area contributed by atoms with Crippen molar-refractivity contribution >= 4 is 21.5 Å². The second-order valence-electron chi connectivity index (χ2n) is 3.19. The quantitative estimate of drug-likeness (QED) is 0.479. The smallest absolute Gasteiger partial charge is 0.300 e. The van der Waals surface area contributed by atoms with Crippen LogP contribution in [0.15, 0.2) is 14.4 Å². The van der Waals surface area contributed by atoms with E-state index in [2.05, 4.69) is 0 Å². The first kappa shape index (κ1) is 11.3. The predicted octanol–water partition coefficient (Wildman–Crippen LogP) is -2.63. The highest BCUT2D eigenvalue weighted by molar-refractivity contribution is 7.84. The van der Waals surface area contributed by atoms with E-state index < -0.39 is 38.4 Å². The van der Waals surface area contributed by atoms with Gasteiger partial charge in [-0.1, -0.05) is 0 Å². The van der Waals surface area contributed by atoms with Crippen LogP contribution >= 0.6 is 0 Å². The molecule has 0 saturated heterocycles. The van der Waals surface area contributed by atoms with Crippen LogP contribution in [0.5, 0.6) is 0 Å². The molecule has 0 radical (unpaired) electrons. The first-order valence-electron chi connectivity index (χ1n) is 4.15. The van der Waals surface area contributed by atoms with E-state index in [0.29, 0.717) is 4.57 Å². The molecule has 11 heteroatoms. The highest BCUT2D eigenvalue weighted by Crippen LogP contribution is 2.00. The summed E-state index contributed by atoms with van der Waals surface area (Å²) in [6.07, 6.45) is 0.